The number of esters is 1. The van der Waals surface area contributed by atoms with Crippen LogP contribution in [-0.4, -0.2) is 42.7 Å². The molecule has 0 bridgehead atoms. The molecule has 0 unspecified atom stereocenters. The first kappa shape index (κ1) is 21.0. The third kappa shape index (κ3) is 4.15. The Morgan fingerprint density at radius 3 is 2.47 bits per heavy atom. The van der Waals surface area contributed by atoms with Gasteiger partial charge in [-0.1, -0.05) is 11.3 Å². The molecule has 3 aromatic rings. The van der Waals surface area contributed by atoms with Gasteiger partial charge < -0.3 is 18.8 Å². The molecule has 0 fully saturated rings. The second kappa shape index (κ2) is 8.74. The number of carbonyl (C=O) groups is 2. The predicted molar refractivity (Wildman–Crippen MR) is 108 cm³/mol. The fourth-order valence-corrected chi connectivity index (χ4v) is 3.79. The van der Waals surface area contributed by atoms with Gasteiger partial charge >= 0.3 is 5.97 Å². The highest BCUT2D eigenvalue weighted by Crippen LogP contribution is 2.28. The van der Waals surface area contributed by atoms with E-state index < -0.39 is 16.8 Å². The smallest absolute Gasteiger partial charge is 0.325 e. The van der Waals surface area contributed by atoms with Gasteiger partial charge in [-0.05, 0) is 24.3 Å². The number of hydrogen-bond acceptors (Lipinski definition) is 8. The van der Waals surface area contributed by atoms with Crippen molar-refractivity contribution in [3.8, 4) is 11.5 Å². The van der Waals surface area contributed by atoms with Crippen LogP contribution in [0.5, 0.6) is 11.5 Å². The molecule has 10 nitrogen and oxygen atoms in total. The van der Waals surface area contributed by atoms with Gasteiger partial charge in [-0.2, -0.15) is 4.99 Å². The molecule has 0 spiro atoms. The highest BCUT2D eigenvalue weighted by atomic mass is 32.1. The van der Waals surface area contributed by atoms with E-state index in [1.807, 2.05) is 0 Å². The number of carbonyl (C=O) groups excluding carboxylic acids is 2. The van der Waals surface area contributed by atoms with E-state index in [0.29, 0.717) is 21.7 Å². The first-order valence-electron chi connectivity index (χ1n) is 8.53. The number of thiazole rings is 1. The maximum atomic E-state index is 12.7. The molecule has 0 radical (unpaired) electrons. The largest absolute Gasteiger partial charge is 0.493 e. The molecule has 0 aliphatic carbocycles. The van der Waals surface area contributed by atoms with E-state index >= 15 is 0 Å². The number of aromatic nitrogens is 1. The normalized spacial score (nSPS) is 11.4. The Kier molecular flexibility index (Phi) is 6.11. The Hall–Kier alpha value is -3.73. The number of rotatable bonds is 6. The molecule has 0 saturated heterocycles. The first-order valence-corrected chi connectivity index (χ1v) is 9.35. The van der Waals surface area contributed by atoms with E-state index in [4.69, 9.17) is 14.2 Å². The van der Waals surface area contributed by atoms with Crippen molar-refractivity contribution in [1.29, 1.82) is 0 Å². The SMILES string of the molecule is COC(=O)Cn1c(=NC(=O)c2ccc(OC)c(OC)c2)sc2cc([N+](=O)[O-])ccc21. The van der Waals surface area contributed by atoms with Gasteiger partial charge in [0.05, 0.1) is 36.5 Å². The quantitative estimate of drug-likeness (QED) is 0.334. The number of ether oxygens (including phenoxy) is 3. The van der Waals surface area contributed by atoms with Gasteiger partial charge in [0.25, 0.3) is 11.6 Å². The molecule has 3 rings (SSSR count). The summed E-state index contributed by atoms with van der Waals surface area (Å²) in [4.78, 5) is 39.5. The zero-order valence-corrected chi connectivity index (χ0v) is 17.1. The Labute approximate surface area is 174 Å². The minimum absolute atomic E-state index is 0.105. The summed E-state index contributed by atoms with van der Waals surface area (Å²) in [5.74, 6) is -0.291. The molecule has 0 aliphatic heterocycles. The standard InChI is InChI=1S/C19H17N3O7S/c1-27-14-7-4-11(8-15(14)28-2)18(24)20-19-21(10-17(23)29-3)13-6-5-12(22(25)26)9-16(13)30-19/h4-9H,10H2,1-3H3. The van der Waals surface area contributed by atoms with Crippen LogP contribution in [0.2, 0.25) is 0 Å². The van der Waals surface area contributed by atoms with E-state index in [1.54, 1.807) is 6.07 Å². The highest BCUT2D eigenvalue weighted by Gasteiger charge is 2.16. The fourth-order valence-electron chi connectivity index (χ4n) is 2.73. The lowest BCUT2D eigenvalue weighted by atomic mass is 10.2. The van der Waals surface area contributed by atoms with Crippen molar-refractivity contribution in [3.63, 3.8) is 0 Å². The lowest BCUT2D eigenvalue weighted by Crippen LogP contribution is -2.22. The number of hydrogen-bond donors (Lipinski definition) is 0. The maximum absolute atomic E-state index is 12.7. The number of methoxy groups -OCH3 is 3. The van der Waals surface area contributed by atoms with Crippen LogP contribution in [0.1, 0.15) is 10.4 Å². The molecule has 30 heavy (non-hydrogen) atoms. The fraction of sp³-hybridized carbons (Fsp3) is 0.211. The predicted octanol–water partition coefficient (Wildman–Crippen LogP) is 2.54. The van der Waals surface area contributed by atoms with E-state index in [-0.39, 0.29) is 22.6 Å². The lowest BCUT2D eigenvalue weighted by molar-refractivity contribution is -0.384. The summed E-state index contributed by atoms with van der Waals surface area (Å²) in [5.41, 5.74) is 0.669. The molecule has 2 aromatic carbocycles. The molecule has 156 valence electrons. The van der Waals surface area contributed by atoms with Crippen LogP contribution >= 0.6 is 11.3 Å². The maximum Gasteiger partial charge on any atom is 0.325 e. The van der Waals surface area contributed by atoms with Crippen LogP contribution in [0, 0.1) is 10.1 Å². The van der Waals surface area contributed by atoms with Crippen LogP contribution in [-0.2, 0) is 16.1 Å². The molecule has 1 heterocycles. The second-order valence-corrected chi connectivity index (χ2v) is 6.95. The third-order valence-corrected chi connectivity index (χ3v) is 5.26. The van der Waals surface area contributed by atoms with Gasteiger partial charge in [-0.3, -0.25) is 19.7 Å². The van der Waals surface area contributed by atoms with Crippen molar-refractivity contribution >= 4 is 39.1 Å². The van der Waals surface area contributed by atoms with Crippen LogP contribution in [0.3, 0.4) is 0 Å². The van der Waals surface area contributed by atoms with Crippen LogP contribution < -0.4 is 14.3 Å². The van der Waals surface area contributed by atoms with E-state index in [9.17, 15) is 19.7 Å². The molecular weight excluding hydrogens is 414 g/mol. The summed E-state index contributed by atoms with van der Waals surface area (Å²) >= 11 is 1.06. The van der Waals surface area contributed by atoms with Crippen molar-refractivity contribution in [3.05, 3.63) is 56.9 Å². The van der Waals surface area contributed by atoms with E-state index in [1.165, 1.54) is 56.2 Å². The molecule has 0 atom stereocenters. The molecule has 1 amide bonds. The van der Waals surface area contributed by atoms with Gasteiger partial charge in [-0.25, -0.2) is 0 Å². The summed E-state index contributed by atoms with van der Waals surface area (Å²) in [5, 5.41) is 11.1. The lowest BCUT2D eigenvalue weighted by Gasteiger charge is -2.07. The van der Waals surface area contributed by atoms with Gasteiger partial charge in [0.2, 0.25) is 0 Å². The highest BCUT2D eigenvalue weighted by molar-refractivity contribution is 7.16. The molecule has 0 N–H and O–H groups in total. The summed E-state index contributed by atoms with van der Waals surface area (Å²) in [6, 6.07) is 8.81. The number of nitro groups is 1. The second-order valence-electron chi connectivity index (χ2n) is 5.94. The average Bonchev–Trinajstić information content (AvgIpc) is 3.08. The van der Waals surface area contributed by atoms with Crippen LogP contribution in [0.4, 0.5) is 5.69 Å². The molecule has 1 aromatic heterocycles. The van der Waals surface area contributed by atoms with Crippen molar-refractivity contribution in [2.24, 2.45) is 4.99 Å². The molecular formula is C19H17N3O7S. The van der Waals surface area contributed by atoms with Crippen molar-refractivity contribution in [1.82, 2.24) is 4.57 Å². The van der Waals surface area contributed by atoms with E-state index in [2.05, 4.69) is 4.99 Å². The van der Waals surface area contributed by atoms with Crippen LogP contribution in [0.25, 0.3) is 10.2 Å². The van der Waals surface area contributed by atoms with Gasteiger partial charge in [0.15, 0.2) is 16.3 Å². The number of benzene rings is 2. The number of fused-ring (bicyclic) bond motifs is 1. The minimum Gasteiger partial charge on any atom is -0.493 e. The zero-order valence-electron chi connectivity index (χ0n) is 16.3. The summed E-state index contributed by atoms with van der Waals surface area (Å²) in [6.45, 7) is -0.202. The number of amides is 1. The Morgan fingerprint density at radius 1 is 1.10 bits per heavy atom. The number of non-ortho nitro benzene ring substituents is 1. The molecule has 0 aliphatic rings. The van der Waals surface area contributed by atoms with Crippen LogP contribution in [0.15, 0.2) is 41.4 Å². The third-order valence-electron chi connectivity index (χ3n) is 4.22. The zero-order chi connectivity index (χ0) is 21.8. The summed E-state index contributed by atoms with van der Waals surface area (Å²) in [7, 11) is 4.18. The summed E-state index contributed by atoms with van der Waals surface area (Å²) in [6.07, 6.45) is 0. The van der Waals surface area contributed by atoms with Crippen molar-refractivity contribution in [2.75, 3.05) is 21.3 Å². The Balaban J connectivity index is 2.14. The topological polar surface area (TPSA) is 122 Å². The number of nitrogens with zero attached hydrogens (tertiary/aromatic N) is 3. The minimum atomic E-state index is -0.573. The summed E-state index contributed by atoms with van der Waals surface area (Å²) < 4.78 is 17.1. The van der Waals surface area contributed by atoms with Crippen molar-refractivity contribution < 1.29 is 28.7 Å². The molecule has 11 heteroatoms. The number of nitro benzene ring substituents is 1. The van der Waals surface area contributed by atoms with Gasteiger partial charge in [0, 0.05) is 17.7 Å². The van der Waals surface area contributed by atoms with E-state index in [0.717, 1.165) is 11.3 Å². The van der Waals surface area contributed by atoms with Crippen molar-refractivity contribution in [2.45, 2.75) is 6.54 Å². The molecule has 0 saturated carbocycles. The first-order chi connectivity index (χ1) is 14.4. The van der Waals surface area contributed by atoms with Gasteiger partial charge in [0.1, 0.15) is 6.54 Å². The Bertz CT molecular complexity index is 1210. The van der Waals surface area contributed by atoms with Gasteiger partial charge in [-0.15, -0.1) is 0 Å². The Morgan fingerprint density at radius 2 is 1.83 bits per heavy atom. The average molecular weight is 431 g/mol. The monoisotopic (exact) mass is 431 g/mol.